The van der Waals surface area contributed by atoms with Gasteiger partial charge in [0.25, 0.3) is 0 Å². The van der Waals surface area contributed by atoms with Crippen LogP contribution in [0, 0.1) is 45.3 Å². The van der Waals surface area contributed by atoms with Crippen molar-refractivity contribution < 1.29 is 69.6 Å². The number of aliphatic hydroxyl groups excluding tert-OH is 8. The number of hydrogen-bond donors (Lipinski definition) is 9. The maximum Gasteiger partial charge on any atom is 0.187 e. The largest absolute Gasteiger partial charge is 0.394 e. The lowest BCUT2D eigenvalue weighted by Crippen LogP contribution is -2.67. The first kappa shape index (κ1) is 42.6. The van der Waals surface area contributed by atoms with Gasteiger partial charge < -0.3 is 69.6 Å². The summed E-state index contributed by atoms with van der Waals surface area (Å²) in [6, 6.07) is 0. The van der Waals surface area contributed by atoms with Gasteiger partial charge in [-0.1, -0.05) is 34.6 Å². The predicted molar refractivity (Wildman–Crippen MR) is 196 cm³/mol. The van der Waals surface area contributed by atoms with Crippen molar-refractivity contribution in [2.24, 2.45) is 45.3 Å². The van der Waals surface area contributed by atoms with E-state index in [4.69, 9.17) is 23.7 Å². The first-order valence-corrected chi connectivity index (χ1v) is 20.8. The Morgan fingerprint density at radius 2 is 1.38 bits per heavy atom. The minimum atomic E-state index is -1.64. The van der Waals surface area contributed by atoms with Crippen molar-refractivity contribution in [1.82, 2.24) is 0 Å². The third-order valence-electron chi connectivity index (χ3n) is 17.0. The van der Waals surface area contributed by atoms with E-state index in [-0.39, 0.29) is 52.6 Å². The van der Waals surface area contributed by atoms with Gasteiger partial charge in [0.15, 0.2) is 12.6 Å². The van der Waals surface area contributed by atoms with Crippen molar-refractivity contribution in [3.8, 4) is 0 Å². The predicted octanol–water partition coefficient (Wildman–Crippen LogP) is 0.970. The van der Waals surface area contributed by atoms with Crippen molar-refractivity contribution >= 4 is 0 Å². The van der Waals surface area contributed by atoms with E-state index >= 15 is 0 Å². The first-order valence-electron chi connectivity index (χ1n) is 20.8. The highest BCUT2D eigenvalue weighted by Crippen LogP contribution is 2.76. The molecule has 4 aliphatic carbocycles. The Labute approximate surface area is 325 Å². The van der Waals surface area contributed by atoms with Crippen molar-refractivity contribution in [3.63, 3.8) is 0 Å². The van der Waals surface area contributed by atoms with Gasteiger partial charge in [-0.15, -0.1) is 0 Å². The van der Waals surface area contributed by atoms with Crippen LogP contribution in [0.1, 0.15) is 107 Å². The van der Waals surface area contributed by atoms with Crippen LogP contribution in [-0.4, -0.2) is 150 Å². The van der Waals surface area contributed by atoms with Gasteiger partial charge in [0.05, 0.1) is 42.7 Å². The van der Waals surface area contributed by atoms with E-state index in [0.29, 0.717) is 19.3 Å². The molecule has 4 saturated carbocycles. The summed E-state index contributed by atoms with van der Waals surface area (Å²) in [7, 11) is 0. The molecule has 7 rings (SSSR count). The monoisotopic (exact) mass is 786 g/mol. The van der Waals surface area contributed by atoms with Crippen LogP contribution in [0.3, 0.4) is 0 Å². The van der Waals surface area contributed by atoms with Gasteiger partial charge in [0.1, 0.15) is 48.8 Å². The van der Waals surface area contributed by atoms with Crippen molar-refractivity contribution in [3.05, 3.63) is 0 Å². The number of aliphatic hydroxyl groups is 9. The molecule has 0 radical (unpaired) electrons. The van der Waals surface area contributed by atoms with Crippen LogP contribution in [0.25, 0.3) is 0 Å². The van der Waals surface area contributed by atoms with E-state index in [0.717, 1.165) is 32.1 Å². The molecule has 0 aromatic heterocycles. The van der Waals surface area contributed by atoms with Gasteiger partial charge in [-0.2, -0.15) is 0 Å². The maximum absolute atomic E-state index is 12.3. The highest BCUT2D eigenvalue weighted by molar-refractivity contribution is 5.21. The summed E-state index contributed by atoms with van der Waals surface area (Å²) in [5.74, 6) is 0.420. The normalized spacial score (nSPS) is 56.8. The Bertz CT molecular complexity index is 1390. The topological polar surface area (TPSA) is 228 Å². The molecule has 0 aromatic rings. The molecule has 318 valence electrons. The van der Waals surface area contributed by atoms with Crippen molar-refractivity contribution in [2.75, 3.05) is 13.2 Å². The molecule has 3 heterocycles. The van der Waals surface area contributed by atoms with E-state index in [9.17, 15) is 46.0 Å². The summed E-state index contributed by atoms with van der Waals surface area (Å²) in [4.78, 5) is 0. The molecule has 7 aliphatic rings. The second kappa shape index (κ2) is 14.3. The van der Waals surface area contributed by atoms with Gasteiger partial charge in [0.2, 0.25) is 0 Å². The molecule has 0 aromatic carbocycles. The lowest BCUT2D eigenvalue weighted by molar-refractivity contribution is -0.370. The zero-order valence-electron chi connectivity index (χ0n) is 34.0. The van der Waals surface area contributed by atoms with Crippen LogP contribution >= 0.6 is 0 Å². The summed E-state index contributed by atoms with van der Waals surface area (Å²) < 4.78 is 30.8. The van der Waals surface area contributed by atoms with Crippen LogP contribution in [0.15, 0.2) is 0 Å². The quantitative estimate of drug-likeness (QED) is 0.164. The molecule has 3 saturated heterocycles. The summed E-state index contributed by atoms with van der Waals surface area (Å²) in [6.07, 6.45) is -9.05. The first-order chi connectivity index (χ1) is 25.4. The molecule has 7 fully saturated rings. The zero-order chi connectivity index (χ0) is 40.4. The standard InChI is InChI=1S/C41H70O14/c1-36(2)24-10-14-39(6)25(15-20(43)27-19(9-13-40(27,39)7)41(8)16-21(44)33(55-41)37(3,4)50)38(24,5)12-11-26(36)53-35-32(30(48)29(47)23(17-42)52-35)54-34-31(49)28(46)22(45)18-51-34/h19-35,42-50H,9-18H2,1-8H3/t19-,20+,21-,22+,23+,24+,25-,26-,27-,28-,29+,30-,31+,32+,33-,34-,35-,38-,39+,40+,41-/m0/s1. The second-order valence-corrected chi connectivity index (χ2v) is 20.8. The molecule has 0 spiro atoms. The maximum atomic E-state index is 12.3. The summed E-state index contributed by atoms with van der Waals surface area (Å²) in [5, 5.41) is 97.0. The van der Waals surface area contributed by atoms with Gasteiger partial charge in [-0.05, 0) is 111 Å². The lowest BCUT2D eigenvalue weighted by Gasteiger charge is -2.70. The molecular weight excluding hydrogens is 716 g/mol. The average molecular weight is 787 g/mol. The van der Waals surface area contributed by atoms with E-state index in [2.05, 4.69) is 41.5 Å². The fourth-order valence-electron chi connectivity index (χ4n) is 14.0. The third kappa shape index (κ3) is 6.50. The van der Waals surface area contributed by atoms with Gasteiger partial charge in [-0.3, -0.25) is 0 Å². The average Bonchev–Trinajstić information content (AvgIpc) is 3.65. The number of ether oxygens (including phenoxy) is 5. The smallest absolute Gasteiger partial charge is 0.187 e. The molecular formula is C41H70O14. The molecule has 9 N–H and O–H groups in total. The fourth-order valence-corrected chi connectivity index (χ4v) is 14.0. The summed E-state index contributed by atoms with van der Waals surface area (Å²) >= 11 is 0. The molecule has 55 heavy (non-hydrogen) atoms. The van der Waals surface area contributed by atoms with Crippen LogP contribution in [0.4, 0.5) is 0 Å². The van der Waals surface area contributed by atoms with Crippen LogP contribution < -0.4 is 0 Å². The third-order valence-corrected chi connectivity index (χ3v) is 17.0. The molecule has 14 nitrogen and oxygen atoms in total. The molecule has 0 amide bonds. The lowest BCUT2D eigenvalue weighted by atomic mass is 9.35. The highest BCUT2D eigenvalue weighted by Gasteiger charge is 2.72. The van der Waals surface area contributed by atoms with Crippen molar-refractivity contribution in [1.29, 1.82) is 0 Å². The Morgan fingerprint density at radius 3 is 2.02 bits per heavy atom. The fraction of sp³-hybridized carbons (Fsp3) is 1.00. The minimum Gasteiger partial charge on any atom is -0.394 e. The van der Waals surface area contributed by atoms with Gasteiger partial charge >= 0.3 is 0 Å². The van der Waals surface area contributed by atoms with Crippen LogP contribution in [0.2, 0.25) is 0 Å². The Kier molecular flexibility index (Phi) is 11.1. The minimum absolute atomic E-state index is 0.0167. The van der Waals surface area contributed by atoms with Gasteiger partial charge in [-0.25, -0.2) is 0 Å². The SMILES string of the molecule is CC(C)(O)[C@H]1O[C@](C)([C@H]2CC[C@]3(C)[C@@H]2[C@H](O)C[C@H]2[C@@]4(C)CC[C@H](O[C@@H]5O[C@H](CO)[C@@H](O)[C@H](O)[C@H]5O[C@@H]5OC[C@@H](O)[C@H](O)[C@H]5O)C(C)(C)[C@H]4CC[C@]23C)C[C@@H]1O. The number of fused-ring (bicyclic) bond motifs is 5. The molecule has 21 atom stereocenters. The van der Waals surface area contributed by atoms with E-state index in [1.807, 2.05) is 0 Å². The Morgan fingerprint density at radius 1 is 0.709 bits per heavy atom. The molecule has 3 aliphatic heterocycles. The van der Waals surface area contributed by atoms with E-state index in [1.54, 1.807) is 13.8 Å². The van der Waals surface area contributed by atoms with Crippen molar-refractivity contribution in [2.45, 2.75) is 198 Å². The van der Waals surface area contributed by atoms with Gasteiger partial charge in [0, 0.05) is 6.42 Å². The second-order valence-electron chi connectivity index (χ2n) is 20.8. The summed E-state index contributed by atoms with van der Waals surface area (Å²) in [5.41, 5.74) is -2.69. The van der Waals surface area contributed by atoms with E-state index in [1.165, 1.54) is 0 Å². The molecule has 14 heteroatoms. The number of hydrogen-bond acceptors (Lipinski definition) is 14. The Balaban J connectivity index is 1.11. The molecule has 0 bridgehead atoms. The molecule has 0 unspecified atom stereocenters. The van der Waals surface area contributed by atoms with Crippen LogP contribution in [-0.2, 0) is 23.7 Å². The zero-order valence-corrected chi connectivity index (χ0v) is 34.0. The van der Waals surface area contributed by atoms with E-state index < -0.39 is 96.8 Å². The van der Waals surface area contributed by atoms with Crippen LogP contribution in [0.5, 0.6) is 0 Å². The highest BCUT2D eigenvalue weighted by atomic mass is 16.8. The number of rotatable bonds is 7. The Hall–Kier alpha value is -0.560. The summed E-state index contributed by atoms with van der Waals surface area (Å²) in [6.45, 7) is 16.1.